The second-order valence-corrected chi connectivity index (χ2v) is 6.85. The van der Waals surface area contributed by atoms with Gasteiger partial charge in [0.2, 0.25) is 5.91 Å². The number of ether oxygens (including phenoxy) is 2. The van der Waals surface area contributed by atoms with Gasteiger partial charge in [-0.2, -0.15) is 0 Å². The minimum atomic E-state index is -0.140. The number of nitrogens with one attached hydrogen (secondary N) is 1. The highest BCUT2D eigenvalue weighted by atomic mass is 79.9. The molecule has 2 aromatic carbocycles. The zero-order valence-electron chi connectivity index (χ0n) is 14.3. The molecule has 0 saturated heterocycles. The normalized spacial score (nSPS) is 10.6. The van der Waals surface area contributed by atoms with Crippen LogP contribution < -0.4 is 14.8 Å². The molecule has 0 heterocycles. The molecule has 0 saturated carbocycles. The third-order valence-corrected chi connectivity index (χ3v) is 4.36. The van der Waals surface area contributed by atoms with Gasteiger partial charge in [-0.25, -0.2) is 0 Å². The van der Waals surface area contributed by atoms with E-state index in [4.69, 9.17) is 21.1 Å². The predicted molar refractivity (Wildman–Crippen MR) is 104 cm³/mol. The number of nitrogens with zero attached hydrogens (tertiary/aromatic N) is 1. The van der Waals surface area contributed by atoms with E-state index in [1.54, 1.807) is 26.4 Å². The maximum Gasteiger partial charge on any atom is 0.238 e. The summed E-state index contributed by atoms with van der Waals surface area (Å²) in [5, 5.41) is 3.30. The van der Waals surface area contributed by atoms with Crippen molar-refractivity contribution < 1.29 is 14.3 Å². The van der Waals surface area contributed by atoms with E-state index in [0.717, 1.165) is 21.5 Å². The molecular formula is C18H20BrClN2O3. The summed E-state index contributed by atoms with van der Waals surface area (Å²) in [6, 6.07) is 10.9. The number of likely N-dealkylation sites (N-methyl/N-ethyl adjacent to an activating group) is 1. The van der Waals surface area contributed by atoms with E-state index >= 15 is 0 Å². The van der Waals surface area contributed by atoms with Crippen LogP contribution in [0.2, 0.25) is 5.02 Å². The first-order chi connectivity index (χ1) is 11.9. The van der Waals surface area contributed by atoms with Crippen molar-refractivity contribution in [2.24, 2.45) is 0 Å². The lowest BCUT2D eigenvalue weighted by molar-refractivity contribution is -0.117. The van der Waals surface area contributed by atoms with Crippen molar-refractivity contribution in [2.75, 3.05) is 33.1 Å². The highest BCUT2D eigenvalue weighted by molar-refractivity contribution is 9.10. The lowest BCUT2D eigenvalue weighted by Crippen LogP contribution is -2.30. The molecule has 0 fully saturated rings. The molecule has 0 bridgehead atoms. The summed E-state index contributed by atoms with van der Waals surface area (Å²) >= 11 is 9.46. The van der Waals surface area contributed by atoms with Crippen LogP contribution in [-0.2, 0) is 11.3 Å². The molecule has 0 spiro atoms. The number of amides is 1. The minimum absolute atomic E-state index is 0.140. The Morgan fingerprint density at radius 3 is 2.60 bits per heavy atom. The Balaban J connectivity index is 1.97. The van der Waals surface area contributed by atoms with E-state index in [0.29, 0.717) is 17.3 Å². The highest BCUT2D eigenvalue weighted by Crippen LogP contribution is 2.26. The second kappa shape index (κ2) is 9.08. The van der Waals surface area contributed by atoms with Gasteiger partial charge in [0.15, 0.2) is 0 Å². The fourth-order valence-electron chi connectivity index (χ4n) is 2.35. The van der Waals surface area contributed by atoms with Gasteiger partial charge in [0.1, 0.15) is 11.5 Å². The number of halogens is 2. The summed E-state index contributed by atoms with van der Waals surface area (Å²) in [5.41, 5.74) is 1.56. The minimum Gasteiger partial charge on any atom is -0.497 e. The lowest BCUT2D eigenvalue weighted by atomic mass is 10.2. The standard InChI is InChI=1S/C18H20BrClN2O3/c1-22(10-12-4-6-14(24-2)9-17(12)25-3)11-18(23)21-16-7-5-13(19)8-15(16)20/h4-9H,10-11H2,1-3H3,(H,21,23). The number of carbonyl (C=O) groups is 1. The molecule has 0 aromatic heterocycles. The molecule has 0 atom stereocenters. The molecule has 0 radical (unpaired) electrons. The summed E-state index contributed by atoms with van der Waals surface area (Å²) in [6.07, 6.45) is 0. The smallest absolute Gasteiger partial charge is 0.238 e. The second-order valence-electron chi connectivity index (χ2n) is 5.52. The van der Waals surface area contributed by atoms with Crippen molar-refractivity contribution in [1.29, 1.82) is 0 Å². The first-order valence-corrected chi connectivity index (χ1v) is 8.74. The lowest BCUT2D eigenvalue weighted by Gasteiger charge is -2.18. The summed E-state index contributed by atoms with van der Waals surface area (Å²) in [6.45, 7) is 0.788. The third kappa shape index (κ3) is 5.63. The molecular weight excluding hydrogens is 408 g/mol. The summed E-state index contributed by atoms with van der Waals surface area (Å²) in [4.78, 5) is 14.1. The largest absolute Gasteiger partial charge is 0.497 e. The maximum atomic E-state index is 12.2. The van der Waals surface area contributed by atoms with Crippen molar-refractivity contribution in [3.63, 3.8) is 0 Å². The SMILES string of the molecule is COc1ccc(CN(C)CC(=O)Nc2ccc(Br)cc2Cl)c(OC)c1. The van der Waals surface area contributed by atoms with Crippen LogP contribution in [0.15, 0.2) is 40.9 Å². The van der Waals surface area contributed by atoms with E-state index in [-0.39, 0.29) is 12.5 Å². The Morgan fingerprint density at radius 2 is 1.96 bits per heavy atom. The fourth-order valence-corrected chi connectivity index (χ4v) is 3.08. The van der Waals surface area contributed by atoms with Crippen LogP contribution >= 0.6 is 27.5 Å². The Kier molecular flexibility index (Phi) is 7.11. The van der Waals surface area contributed by atoms with Crippen LogP contribution in [0.4, 0.5) is 5.69 Å². The van der Waals surface area contributed by atoms with Gasteiger partial charge in [-0.3, -0.25) is 9.69 Å². The topological polar surface area (TPSA) is 50.8 Å². The molecule has 2 aromatic rings. The van der Waals surface area contributed by atoms with Crippen molar-refractivity contribution in [1.82, 2.24) is 4.90 Å². The van der Waals surface area contributed by atoms with E-state index < -0.39 is 0 Å². The van der Waals surface area contributed by atoms with Gasteiger partial charge in [-0.1, -0.05) is 33.6 Å². The molecule has 2 rings (SSSR count). The third-order valence-electron chi connectivity index (χ3n) is 3.55. The molecule has 25 heavy (non-hydrogen) atoms. The van der Waals surface area contributed by atoms with Gasteiger partial charge in [0.05, 0.1) is 31.5 Å². The van der Waals surface area contributed by atoms with E-state index in [1.165, 1.54) is 0 Å². The average Bonchev–Trinajstić information content (AvgIpc) is 2.57. The van der Waals surface area contributed by atoms with E-state index in [2.05, 4.69) is 21.2 Å². The first-order valence-electron chi connectivity index (χ1n) is 7.57. The van der Waals surface area contributed by atoms with E-state index in [1.807, 2.05) is 36.2 Å². The van der Waals surface area contributed by atoms with Gasteiger partial charge < -0.3 is 14.8 Å². The summed E-state index contributed by atoms with van der Waals surface area (Å²) in [5.74, 6) is 1.31. The molecule has 0 aliphatic heterocycles. The van der Waals surface area contributed by atoms with Crippen LogP contribution in [0, 0.1) is 0 Å². The molecule has 134 valence electrons. The van der Waals surface area contributed by atoms with Crippen LogP contribution in [0.25, 0.3) is 0 Å². The molecule has 1 amide bonds. The van der Waals surface area contributed by atoms with Gasteiger partial charge in [0.25, 0.3) is 0 Å². The number of anilines is 1. The quantitative estimate of drug-likeness (QED) is 0.720. The first kappa shape index (κ1) is 19.6. The van der Waals surface area contributed by atoms with Crippen LogP contribution in [-0.4, -0.2) is 38.6 Å². The van der Waals surface area contributed by atoms with Crippen molar-refractivity contribution in [3.8, 4) is 11.5 Å². The maximum absolute atomic E-state index is 12.2. The highest BCUT2D eigenvalue weighted by Gasteiger charge is 2.12. The molecule has 1 N–H and O–H groups in total. The van der Waals surface area contributed by atoms with Crippen LogP contribution in [0.1, 0.15) is 5.56 Å². The zero-order valence-corrected chi connectivity index (χ0v) is 16.6. The van der Waals surface area contributed by atoms with Crippen molar-refractivity contribution in [3.05, 3.63) is 51.5 Å². The average molecular weight is 428 g/mol. The van der Waals surface area contributed by atoms with Crippen molar-refractivity contribution >= 4 is 39.1 Å². The van der Waals surface area contributed by atoms with Gasteiger partial charge in [0, 0.05) is 22.6 Å². The van der Waals surface area contributed by atoms with E-state index in [9.17, 15) is 4.79 Å². The van der Waals surface area contributed by atoms with Gasteiger partial charge in [-0.15, -0.1) is 0 Å². The number of hydrogen-bond donors (Lipinski definition) is 1. The monoisotopic (exact) mass is 426 g/mol. The number of carbonyl (C=O) groups excluding carboxylic acids is 1. The molecule has 7 heteroatoms. The predicted octanol–water partition coefficient (Wildman–Crippen LogP) is 4.19. The molecule has 0 unspecified atom stereocenters. The Labute approximate surface area is 161 Å². The fraction of sp³-hybridized carbons (Fsp3) is 0.278. The molecule has 0 aliphatic carbocycles. The van der Waals surface area contributed by atoms with Crippen LogP contribution in [0.5, 0.6) is 11.5 Å². The van der Waals surface area contributed by atoms with Gasteiger partial charge in [-0.05, 0) is 31.3 Å². The summed E-state index contributed by atoms with van der Waals surface area (Å²) in [7, 11) is 5.09. The van der Waals surface area contributed by atoms with Crippen LogP contribution in [0.3, 0.4) is 0 Å². The summed E-state index contributed by atoms with van der Waals surface area (Å²) < 4.78 is 11.4. The van der Waals surface area contributed by atoms with Gasteiger partial charge >= 0.3 is 0 Å². The zero-order chi connectivity index (χ0) is 18.4. The molecule has 5 nitrogen and oxygen atoms in total. The Morgan fingerprint density at radius 1 is 1.20 bits per heavy atom. The number of hydrogen-bond acceptors (Lipinski definition) is 4. The molecule has 0 aliphatic rings. The number of methoxy groups -OCH3 is 2. The Hall–Kier alpha value is -1.76. The number of rotatable bonds is 7. The number of benzene rings is 2. The van der Waals surface area contributed by atoms with Crippen molar-refractivity contribution in [2.45, 2.75) is 6.54 Å². The Bertz CT molecular complexity index is 755.